The molecule has 0 aromatic rings. The Morgan fingerprint density at radius 1 is 1.00 bits per heavy atom. The van der Waals surface area contributed by atoms with Crippen molar-refractivity contribution in [2.75, 3.05) is 0 Å². The number of halogens is 1. The smallest absolute Gasteiger partial charge is 0.125 e. The highest BCUT2D eigenvalue weighted by molar-refractivity contribution is 5.17. The Kier molecular flexibility index (Phi) is 4.08. The van der Waals surface area contributed by atoms with Crippen LogP contribution in [0.3, 0.4) is 0 Å². The molecule has 0 aromatic carbocycles. The first-order chi connectivity index (χ1) is 11.7. The molecule has 25 heavy (non-hydrogen) atoms. The second-order valence-electron chi connectivity index (χ2n) is 10.5. The average Bonchev–Trinajstić information content (AvgIpc) is 2.93. The van der Waals surface area contributed by atoms with Crippen LogP contribution in [0, 0.1) is 52.8 Å². The molecule has 140 valence electrons. The zero-order valence-electron chi connectivity index (χ0n) is 16.2. The lowest BCUT2D eigenvalue weighted by atomic mass is 9.44. The van der Waals surface area contributed by atoms with Gasteiger partial charge in [-0.1, -0.05) is 19.8 Å². The Morgan fingerprint density at radius 2 is 1.68 bits per heavy atom. The van der Waals surface area contributed by atoms with Gasteiger partial charge in [-0.05, 0) is 99.2 Å². The molecule has 4 rings (SSSR count). The lowest BCUT2D eigenvalue weighted by molar-refractivity contribution is -0.131. The second kappa shape index (κ2) is 5.72. The molecule has 0 aliphatic heterocycles. The van der Waals surface area contributed by atoms with Crippen molar-refractivity contribution in [2.45, 2.75) is 90.3 Å². The topological polar surface area (TPSA) is 20.2 Å². The SMILES string of the molecule is C#CC(C)(O)[C@H]1CCC2C3CC[C@H]4C[C@@H](F)CC[C@]4(C)C3CC[C@@]21C. The van der Waals surface area contributed by atoms with E-state index in [-0.39, 0.29) is 11.3 Å². The largest absolute Gasteiger partial charge is 0.378 e. The van der Waals surface area contributed by atoms with Gasteiger partial charge in [0, 0.05) is 5.92 Å². The van der Waals surface area contributed by atoms with Gasteiger partial charge in [0.15, 0.2) is 0 Å². The minimum atomic E-state index is -0.982. The molecule has 4 aliphatic rings. The summed E-state index contributed by atoms with van der Waals surface area (Å²) in [6.45, 7) is 6.73. The minimum absolute atomic E-state index is 0.178. The van der Waals surface area contributed by atoms with Crippen LogP contribution < -0.4 is 0 Å². The highest BCUT2D eigenvalue weighted by Gasteiger charge is 2.62. The first-order valence-corrected chi connectivity index (χ1v) is 10.6. The predicted molar refractivity (Wildman–Crippen MR) is 99.6 cm³/mol. The first kappa shape index (κ1) is 17.8. The van der Waals surface area contributed by atoms with Crippen LogP contribution in [0.15, 0.2) is 0 Å². The second-order valence-corrected chi connectivity index (χ2v) is 10.5. The van der Waals surface area contributed by atoms with Gasteiger partial charge >= 0.3 is 0 Å². The third-order valence-electron chi connectivity index (χ3n) is 9.57. The monoisotopic (exact) mass is 346 g/mol. The van der Waals surface area contributed by atoms with E-state index >= 15 is 0 Å². The van der Waals surface area contributed by atoms with Gasteiger partial charge in [-0.3, -0.25) is 0 Å². The molecule has 4 fully saturated rings. The van der Waals surface area contributed by atoms with E-state index in [1.807, 2.05) is 6.92 Å². The fourth-order valence-corrected chi connectivity index (χ4v) is 8.23. The Morgan fingerprint density at radius 3 is 2.40 bits per heavy atom. The first-order valence-electron chi connectivity index (χ1n) is 10.6. The molecule has 0 radical (unpaired) electrons. The molecular formula is C23H35FO. The fourth-order valence-electron chi connectivity index (χ4n) is 8.23. The van der Waals surface area contributed by atoms with E-state index in [1.54, 1.807) is 0 Å². The number of aliphatic hydroxyl groups is 1. The molecule has 4 saturated carbocycles. The summed E-state index contributed by atoms with van der Waals surface area (Å²) in [4.78, 5) is 0. The maximum Gasteiger partial charge on any atom is 0.125 e. The number of alkyl halides is 1. The van der Waals surface area contributed by atoms with Gasteiger partial charge < -0.3 is 5.11 Å². The van der Waals surface area contributed by atoms with Gasteiger partial charge in [-0.25, -0.2) is 4.39 Å². The molecule has 9 atom stereocenters. The average molecular weight is 347 g/mol. The van der Waals surface area contributed by atoms with Crippen molar-refractivity contribution < 1.29 is 9.50 Å². The number of rotatable bonds is 1. The number of terminal acetylenes is 1. The van der Waals surface area contributed by atoms with Crippen LogP contribution in [0.1, 0.15) is 78.6 Å². The molecule has 1 N–H and O–H groups in total. The van der Waals surface area contributed by atoms with Crippen LogP contribution in [-0.2, 0) is 0 Å². The van der Waals surface area contributed by atoms with Crippen molar-refractivity contribution in [3.63, 3.8) is 0 Å². The van der Waals surface area contributed by atoms with Crippen molar-refractivity contribution in [3.05, 3.63) is 0 Å². The van der Waals surface area contributed by atoms with E-state index < -0.39 is 11.8 Å². The lowest BCUT2D eigenvalue weighted by Gasteiger charge is -2.61. The van der Waals surface area contributed by atoms with Gasteiger partial charge in [0.2, 0.25) is 0 Å². The van der Waals surface area contributed by atoms with E-state index in [0.717, 1.165) is 37.5 Å². The molecule has 0 bridgehead atoms. The number of fused-ring (bicyclic) bond motifs is 5. The third-order valence-corrected chi connectivity index (χ3v) is 9.57. The van der Waals surface area contributed by atoms with Crippen molar-refractivity contribution >= 4 is 0 Å². The highest BCUT2D eigenvalue weighted by Crippen LogP contribution is 2.68. The Hall–Kier alpha value is -0.550. The van der Waals surface area contributed by atoms with Gasteiger partial charge in [-0.15, -0.1) is 6.42 Å². The van der Waals surface area contributed by atoms with Crippen LogP contribution in [0.25, 0.3) is 0 Å². The number of hydrogen-bond donors (Lipinski definition) is 1. The maximum absolute atomic E-state index is 14.0. The summed E-state index contributed by atoms with van der Waals surface area (Å²) < 4.78 is 14.0. The van der Waals surface area contributed by atoms with Gasteiger partial charge in [0.05, 0.1) is 0 Å². The van der Waals surface area contributed by atoms with Crippen molar-refractivity contribution in [1.29, 1.82) is 0 Å². The molecule has 0 spiro atoms. The molecule has 0 amide bonds. The molecule has 1 nitrogen and oxygen atoms in total. The van der Waals surface area contributed by atoms with Crippen LogP contribution in [0.2, 0.25) is 0 Å². The van der Waals surface area contributed by atoms with E-state index in [0.29, 0.717) is 17.3 Å². The standard InChI is InChI=1S/C23H35FO/c1-5-23(4,25)20-9-8-18-17-7-6-15-14-16(24)10-12-21(15,2)19(17)11-13-22(18,20)3/h1,15-20,25H,6-14H2,2-4H3/t15-,16-,17?,18?,19?,20-,21-,22-,23?/m0/s1. The summed E-state index contributed by atoms with van der Waals surface area (Å²) in [5, 5.41) is 10.8. The molecule has 2 heteroatoms. The summed E-state index contributed by atoms with van der Waals surface area (Å²) in [5.74, 6) is 5.71. The van der Waals surface area contributed by atoms with Gasteiger partial charge in [0.1, 0.15) is 11.8 Å². The molecule has 4 unspecified atom stereocenters. The van der Waals surface area contributed by atoms with E-state index in [2.05, 4.69) is 19.8 Å². The zero-order valence-corrected chi connectivity index (χ0v) is 16.2. The van der Waals surface area contributed by atoms with E-state index in [9.17, 15) is 9.50 Å². The van der Waals surface area contributed by atoms with Crippen molar-refractivity contribution in [1.82, 2.24) is 0 Å². The normalized spacial score (nSPS) is 54.6. The lowest BCUT2D eigenvalue weighted by Crippen LogP contribution is -2.55. The van der Waals surface area contributed by atoms with Crippen LogP contribution in [-0.4, -0.2) is 16.9 Å². The van der Waals surface area contributed by atoms with E-state index in [1.165, 1.54) is 32.1 Å². The van der Waals surface area contributed by atoms with Crippen LogP contribution >= 0.6 is 0 Å². The zero-order chi connectivity index (χ0) is 18.0. The Labute approximate surface area is 153 Å². The van der Waals surface area contributed by atoms with Crippen LogP contribution in [0.5, 0.6) is 0 Å². The van der Waals surface area contributed by atoms with E-state index in [4.69, 9.17) is 6.42 Å². The molecule has 0 heterocycles. The summed E-state index contributed by atoms with van der Waals surface area (Å²) in [6.07, 6.45) is 15.0. The predicted octanol–water partition coefficient (Wildman–Crippen LogP) is 5.37. The maximum atomic E-state index is 14.0. The third kappa shape index (κ3) is 2.44. The molecular weight excluding hydrogens is 311 g/mol. The van der Waals surface area contributed by atoms with Crippen LogP contribution in [0.4, 0.5) is 4.39 Å². The summed E-state index contributed by atoms with van der Waals surface area (Å²) in [6, 6.07) is 0. The highest BCUT2D eigenvalue weighted by atomic mass is 19.1. The summed E-state index contributed by atoms with van der Waals surface area (Å²) >= 11 is 0. The minimum Gasteiger partial charge on any atom is -0.378 e. The summed E-state index contributed by atoms with van der Waals surface area (Å²) in [5.41, 5.74) is -0.458. The van der Waals surface area contributed by atoms with Gasteiger partial charge in [0.25, 0.3) is 0 Å². The van der Waals surface area contributed by atoms with Crippen molar-refractivity contribution in [2.24, 2.45) is 40.4 Å². The summed E-state index contributed by atoms with van der Waals surface area (Å²) in [7, 11) is 0. The fraction of sp³-hybridized carbons (Fsp3) is 0.913. The van der Waals surface area contributed by atoms with Gasteiger partial charge in [-0.2, -0.15) is 0 Å². The molecule has 0 saturated heterocycles. The quantitative estimate of drug-likeness (QED) is 0.633. The van der Waals surface area contributed by atoms with Crippen molar-refractivity contribution in [3.8, 4) is 12.3 Å². The Balaban J connectivity index is 1.61. The molecule has 0 aromatic heterocycles. The number of hydrogen-bond acceptors (Lipinski definition) is 1. The Bertz CT molecular complexity index is 577. The molecule has 4 aliphatic carbocycles.